The van der Waals surface area contributed by atoms with Gasteiger partial charge in [0.1, 0.15) is 18.1 Å². The van der Waals surface area contributed by atoms with Crippen LogP contribution in [-0.4, -0.2) is 15.7 Å². The second-order valence-corrected chi connectivity index (χ2v) is 5.52. The minimum atomic E-state index is 0.293. The molecule has 0 fully saturated rings. The van der Waals surface area contributed by atoms with E-state index in [1.165, 1.54) is 0 Å². The first kappa shape index (κ1) is 13.8. The zero-order valence-corrected chi connectivity index (χ0v) is 13.0. The molecule has 0 radical (unpaired) electrons. The van der Waals surface area contributed by atoms with E-state index in [0.29, 0.717) is 18.1 Å². The number of hydrogen-bond acceptors (Lipinski definition) is 3. The van der Waals surface area contributed by atoms with Crippen molar-refractivity contribution in [3.63, 3.8) is 0 Å². The van der Waals surface area contributed by atoms with Crippen LogP contribution in [0.2, 0.25) is 0 Å². The summed E-state index contributed by atoms with van der Waals surface area (Å²) >= 11 is 3.48. The van der Waals surface area contributed by atoms with Crippen molar-refractivity contribution >= 4 is 27.7 Å². The zero-order valence-electron chi connectivity index (χ0n) is 11.4. The molecule has 0 unspecified atom stereocenters. The van der Waals surface area contributed by atoms with Crippen LogP contribution < -0.4 is 4.74 Å². The van der Waals surface area contributed by atoms with Crippen molar-refractivity contribution in [2.24, 2.45) is 0 Å². The van der Waals surface area contributed by atoms with E-state index in [9.17, 15) is 4.79 Å². The van der Waals surface area contributed by atoms with Crippen molar-refractivity contribution in [3.05, 3.63) is 64.1 Å². The van der Waals surface area contributed by atoms with E-state index in [4.69, 9.17) is 4.74 Å². The summed E-state index contributed by atoms with van der Waals surface area (Å²) in [6.45, 7) is 2.31. The molecule has 1 aromatic carbocycles. The third-order valence-electron chi connectivity index (χ3n) is 3.18. The average molecular weight is 345 g/mol. The lowest BCUT2D eigenvalue weighted by atomic mass is 10.2. The number of pyridine rings is 1. The monoisotopic (exact) mass is 344 g/mol. The second kappa shape index (κ2) is 5.69. The van der Waals surface area contributed by atoms with Crippen LogP contribution in [-0.2, 0) is 6.61 Å². The summed E-state index contributed by atoms with van der Waals surface area (Å²) in [5.74, 6) is 1.47. The fourth-order valence-electron chi connectivity index (χ4n) is 2.23. The molecule has 0 spiro atoms. The number of aryl methyl sites for hydroxylation is 1. The summed E-state index contributed by atoms with van der Waals surface area (Å²) in [5.41, 5.74) is 2.32. The molecule has 2 aromatic heterocycles. The van der Waals surface area contributed by atoms with Gasteiger partial charge >= 0.3 is 0 Å². The molecule has 0 aliphatic carbocycles. The quantitative estimate of drug-likeness (QED) is 0.534. The summed E-state index contributed by atoms with van der Waals surface area (Å²) < 4.78 is 8.48. The Morgan fingerprint density at radius 3 is 2.86 bits per heavy atom. The number of halogens is 1. The Morgan fingerprint density at radius 2 is 2.10 bits per heavy atom. The fourth-order valence-corrected chi connectivity index (χ4v) is 2.78. The third-order valence-corrected chi connectivity index (χ3v) is 3.80. The number of aromatic nitrogens is 2. The summed E-state index contributed by atoms with van der Waals surface area (Å²) in [6, 6.07) is 13.5. The Bertz CT molecular complexity index is 811. The first-order chi connectivity index (χ1) is 10.2. The molecule has 0 aliphatic heterocycles. The molecule has 4 nitrogen and oxygen atoms in total. The van der Waals surface area contributed by atoms with E-state index >= 15 is 0 Å². The van der Waals surface area contributed by atoms with Gasteiger partial charge in [-0.15, -0.1) is 0 Å². The van der Waals surface area contributed by atoms with Gasteiger partial charge in [0.05, 0.1) is 10.1 Å². The maximum absolute atomic E-state index is 11.1. The summed E-state index contributed by atoms with van der Waals surface area (Å²) in [4.78, 5) is 15.5. The predicted octanol–water partition coefficient (Wildman–Crippen LogP) is 3.80. The number of carbonyl (C=O) groups is 1. The van der Waals surface area contributed by atoms with Crippen molar-refractivity contribution in [1.82, 2.24) is 9.38 Å². The van der Waals surface area contributed by atoms with Gasteiger partial charge in [0.25, 0.3) is 0 Å². The van der Waals surface area contributed by atoms with Gasteiger partial charge in [-0.3, -0.25) is 9.20 Å². The van der Waals surface area contributed by atoms with E-state index < -0.39 is 0 Å². The van der Waals surface area contributed by atoms with Crippen LogP contribution in [0.4, 0.5) is 0 Å². The zero-order chi connectivity index (χ0) is 14.8. The molecule has 3 aromatic rings. The highest BCUT2D eigenvalue weighted by Crippen LogP contribution is 2.21. The average Bonchev–Trinajstić information content (AvgIpc) is 2.85. The SMILES string of the molecule is Cc1cccc(OCc2nc(C=O)c3cccc(Br)n23)c1. The fraction of sp³-hybridized carbons (Fsp3) is 0.125. The molecule has 106 valence electrons. The molecule has 0 aliphatic rings. The summed E-state index contributed by atoms with van der Waals surface area (Å²) in [6.07, 6.45) is 0.762. The lowest BCUT2D eigenvalue weighted by Gasteiger charge is -2.07. The van der Waals surface area contributed by atoms with Gasteiger partial charge < -0.3 is 4.74 Å². The minimum absolute atomic E-state index is 0.293. The lowest BCUT2D eigenvalue weighted by molar-refractivity contribution is 0.112. The normalized spacial score (nSPS) is 10.8. The van der Waals surface area contributed by atoms with Gasteiger partial charge in [-0.1, -0.05) is 18.2 Å². The van der Waals surface area contributed by atoms with Crippen LogP contribution in [0.15, 0.2) is 47.1 Å². The number of nitrogens with zero attached hydrogens (tertiary/aromatic N) is 2. The van der Waals surface area contributed by atoms with Gasteiger partial charge in [0, 0.05) is 0 Å². The highest BCUT2D eigenvalue weighted by atomic mass is 79.9. The summed E-state index contributed by atoms with van der Waals surface area (Å²) in [5, 5.41) is 0. The largest absolute Gasteiger partial charge is 0.486 e. The predicted molar refractivity (Wildman–Crippen MR) is 83.8 cm³/mol. The molecule has 21 heavy (non-hydrogen) atoms. The molecule has 0 saturated carbocycles. The highest BCUT2D eigenvalue weighted by molar-refractivity contribution is 9.10. The first-order valence-corrected chi connectivity index (χ1v) is 7.29. The maximum Gasteiger partial charge on any atom is 0.170 e. The standard InChI is InChI=1S/C16H13BrN2O2/c1-11-4-2-5-12(8-11)21-10-16-18-13(9-20)14-6-3-7-15(17)19(14)16/h2-9H,10H2,1H3. The first-order valence-electron chi connectivity index (χ1n) is 6.49. The van der Waals surface area contributed by atoms with E-state index in [1.54, 1.807) is 0 Å². The van der Waals surface area contributed by atoms with Crippen LogP contribution in [0.5, 0.6) is 5.75 Å². The van der Waals surface area contributed by atoms with E-state index in [-0.39, 0.29) is 0 Å². The molecule has 0 atom stereocenters. The number of imidazole rings is 1. The second-order valence-electron chi connectivity index (χ2n) is 4.71. The van der Waals surface area contributed by atoms with Crippen LogP contribution in [0, 0.1) is 6.92 Å². The van der Waals surface area contributed by atoms with E-state index in [2.05, 4.69) is 20.9 Å². The van der Waals surface area contributed by atoms with Crippen LogP contribution in [0.1, 0.15) is 21.9 Å². The number of aldehydes is 1. The third kappa shape index (κ3) is 2.69. The van der Waals surface area contributed by atoms with E-state index in [1.807, 2.05) is 53.8 Å². The molecule has 0 saturated heterocycles. The number of rotatable bonds is 4. The van der Waals surface area contributed by atoms with Crippen molar-refractivity contribution in [3.8, 4) is 5.75 Å². The Kier molecular flexibility index (Phi) is 3.75. The molecule has 0 bridgehead atoms. The smallest absolute Gasteiger partial charge is 0.170 e. The maximum atomic E-state index is 11.1. The number of benzene rings is 1. The van der Waals surface area contributed by atoms with Gasteiger partial charge in [-0.05, 0) is 52.7 Å². The van der Waals surface area contributed by atoms with Gasteiger partial charge in [-0.25, -0.2) is 4.98 Å². The Labute approximate surface area is 130 Å². The number of hydrogen-bond donors (Lipinski definition) is 0. The number of carbonyl (C=O) groups excluding carboxylic acids is 1. The molecular weight excluding hydrogens is 332 g/mol. The lowest BCUT2D eigenvalue weighted by Crippen LogP contribution is -2.02. The molecule has 3 rings (SSSR count). The van der Waals surface area contributed by atoms with Gasteiger partial charge in [0.15, 0.2) is 12.1 Å². The topological polar surface area (TPSA) is 43.6 Å². The molecule has 0 amide bonds. The van der Waals surface area contributed by atoms with Crippen molar-refractivity contribution < 1.29 is 9.53 Å². The molecule has 5 heteroatoms. The van der Waals surface area contributed by atoms with Crippen LogP contribution in [0.3, 0.4) is 0 Å². The van der Waals surface area contributed by atoms with Crippen molar-refractivity contribution in [2.75, 3.05) is 0 Å². The van der Waals surface area contributed by atoms with E-state index in [0.717, 1.165) is 27.7 Å². The Hall–Kier alpha value is -2.14. The number of ether oxygens (including phenoxy) is 1. The molecule has 0 N–H and O–H groups in total. The molecule has 2 heterocycles. The van der Waals surface area contributed by atoms with Gasteiger partial charge in [-0.2, -0.15) is 0 Å². The van der Waals surface area contributed by atoms with Crippen molar-refractivity contribution in [1.29, 1.82) is 0 Å². The van der Waals surface area contributed by atoms with Crippen molar-refractivity contribution in [2.45, 2.75) is 13.5 Å². The summed E-state index contributed by atoms with van der Waals surface area (Å²) in [7, 11) is 0. The molecular formula is C16H13BrN2O2. The highest BCUT2D eigenvalue weighted by Gasteiger charge is 2.12. The van der Waals surface area contributed by atoms with Gasteiger partial charge in [0.2, 0.25) is 0 Å². The van der Waals surface area contributed by atoms with Crippen LogP contribution >= 0.6 is 15.9 Å². The van der Waals surface area contributed by atoms with Crippen LogP contribution in [0.25, 0.3) is 5.52 Å². The Balaban J connectivity index is 1.95. The Morgan fingerprint density at radius 1 is 1.29 bits per heavy atom. The number of fused-ring (bicyclic) bond motifs is 1. The minimum Gasteiger partial charge on any atom is -0.486 e.